The molecule has 9 nitrogen and oxygen atoms in total. The molecule has 4 aromatic rings. The number of hydrogen-bond donors (Lipinski definition) is 0. The van der Waals surface area contributed by atoms with Gasteiger partial charge in [-0.3, -0.25) is 4.21 Å². The number of anilines is 1. The summed E-state index contributed by atoms with van der Waals surface area (Å²) in [5.41, 5.74) is 1.54. The van der Waals surface area contributed by atoms with E-state index in [1.54, 1.807) is 41.7 Å². The number of nitrogens with zero attached hydrogens (tertiary/aromatic N) is 5. The molecule has 0 aliphatic carbocycles. The van der Waals surface area contributed by atoms with Crippen LogP contribution in [0.2, 0.25) is 0 Å². The molecule has 0 radical (unpaired) electrons. The van der Waals surface area contributed by atoms with Crippen LogP contribution in [0.5, 0.6) is 11.6 Å². The first kappa shape index (κ1) is 22.9. The second-order valence-corrected chi connectivity index (χ2v) is 10.4. The molecule has 5 rings (SSSR count). The topological polar surface area (TPSA) is 117 Å². The predicted octanol–water partition coefficient (Wildman–Crippen LogP) is 4.75. The minimum Gasteiger partial charge on any atom is -0.772 e. The summed E-state index contributed by atoms with van der Waals surface area (Å²) in [6.45, 7) is 5.86. The van der Waals surface area contributed by atoms with Crippen molar-refractivity contribution in [2.75, 3.05) is 18.0 Å². The average molecular weight is 499 g/mol. The van der Waals surface area contributed by atoms with E-state index in [9.17, 15) is 8.76 Å². The number of aromatic nitrogens is 4. The van der Waals surface area contributed by atoms with Gasteiger partial charge in [0.25, 0.3) is 0 Å². The number of ether oxygens (including phenoxy) is 1. The van der Waals surface area contributed by atoms with Crippen LogP contribution in [0.1, 0.15) is 55.8 Å². The molecule has 178 valence electrons. The molecular formula is C23H24N5O4S2-. The van der Waals surface area contributed by atoms with Gasteiger partial charge in [-0.25, -0.2) is 9.97 Å². The molecule has 1 unspecified atom stereocenters. The van der Waals surface area contributed by atoms with Crippen LogP contribution in [-0.4, -0.2) is 42.0 Å². The van der Waals surface area contributed by atoms with Crippen LogP contribution < -0.4 is 9.64 Å². The zero-order chi connectivity index (χ0) is 23.7. The Morgan fingerprint density at radius 3 is 2.59 bits per heavy atom. The van der Waals surface area contributed by atoms with Gasteiger partial charge >= 0.3 is 0 Å². The van der Waals surface area contributed by atoms with E-state index in [4.69, 9.17) is 14.2 Å². The molecule has 1 aliphatic heterocycles. The van der Waals surface area contributed by atoms with Crippen LogP contribution in [0.15, 0.2) is 40.9 Å². The molecule has 34 heavy (non-hydrogen) atoms. The van der Waals surface area contributed by atoms with Crippen molar-refractivity contribution in [3.8, 4) is 11.6 Å². The quantitative estimate of drug-likeness (QED) is 0.333. The minimum atomic E-state index is -2.11. The van der Waals surface area contributed by atoms with Crippen LogP contribution in [0.3, 0.4) is 0 Å². The van der Waals surface area contributed by atoms with Gasteiger partial charge in [0, 0.05) is 36.7 Å². The van der Waals surface area contributed by atoms with E-state index >= 15 is 0 Å². The molecule has 0 N–H and O–H groups in total. The average Bonchev–Trinajstić information content (AvgIpc) is 3.48. The Morgan fingerprint density at radius 2 is 1.91 bits per heavy atom. The monoisotopic (exact) mass is 498 g/mol. The van der Waals surface area contributed by atoms with E-state index in [1.807, 2.05) is 6.07 Å². The van der Waals surface area contributed by atoms with Gasteiger partial charge in [0.15, 0.2) is 11.0 Å². The van der Waals surface area contributed by atoms with E-state index in [1.165, 1.54) is 0 Å². The van der Waals surface area contributed by atoms with Crippen LogP contribution in [0.25, 0.3) is 10.3 Å². The number of benzene rings is 1. The summed E-state index contributed by atoms with van der Waals surface area (Å²) in [6.07, 6.45) is 1.88. The number of thiazole rings is 1. The summed E-state index contributed by atoms with van der Waals surface area (Å²) in [4.78, 5) is 17.0. The first-order valence-electron chi connectivity index (χ1n) is 11.1. The zero-order valence-electron chi connectivity index (χ0n) is 18.8. The molecule has 1 fully saturated rings. The predicted molar refractivity (Wildman–Crippen MR) is 129 cm³/mol. The Labute approximate surface area is 203 Å². The molecule has 1 saturated heterocycles. The Balaban J connectivity index is 1.23. The molecule has 1 aliphatic rings. The highest BCUT2D eigenvalue weighted by Gasteiger charge is 2.27. The second-order valence-electron chi connectivity index (χ2n) is 8.57. The van der Waals surface area contributed by atoms with Crippen LogP contribution in [0.4, 0.5) is 5.13 Å². The minimum absolute atomic E-state index is 0.0146. The summed E-state index contributed by atoms with van der Waals surface area (Å²) < 4.78 is 33.0. The van der Waals surface area contributed by atoms with E-state index in [-0.39, 0.29) is 17.6 Å². The fourth-order valence-electron chi connectivity index (χ4n) is 3.86. The van der Waals surface area contributed by atoms with Crippen molar-refractivity contribution in [1.29, 1.82) is 0 Å². The van der Waals surface area contributed by atoms with Gasteiger partial charge in [-0.2, -0.15) is 4.98 Å². The van der Waals surface area contributed by atoms with Crippen LogP contribution in [0, 0.1) is 0 Å². The lowest BCUT2D eigenvalue weighted by atomic mass is 9.97. The maximum Gasteiger partial charge on any atom is 0.229 e. The molecule has 4 heterocycles. The number of fused-ring (bicyclic) bond motifs is 1. The molecule has 1 atom stereocenters. The lowest BCUT2D eigenvalue weighted by Gasteiger charge is -2.29. The lowest BCUT2D eigenvalue weighted by Crippen LogP contribution is -2.32. The Kier molecular flexibility index (Phi) is 6.57. The molecule has 11 heteroatoms. The number of rotatable bonds is 7. The van der Waals surface area contributed by atoms with Gasteiger partial charge in [0.2, 0.25) is 11.8 Å². The molecule has 0 spiro atoms. The highest BCUT2D eigenvalue weighted by Crippen LogP contribution is 2.34. The Hall–Kier alpha value is -2.89. The SMILES string of the molecule is CC(C)c1noc(C2CCN(c3nc4ccc(Oc5ccc(CS(=O)[O-])cc5)nc4s3)CC2)n1. The van der Waals surface area contributed by atoms with Crippen molar-refractivity contribution >= 4 is 37.9 Å². The summed E-state index contributed by atoms with van der Waals surface area (Å²) in [5, 5.41) is 5.04. The fourth-order valence-corrected chi connectivity index (χ4v) is 5.30. The Bertz CT molecular complexity index is 1300. The summed E-state index contributed by atoms with van der Waals surface area (Å²) in [5.74, 6) is 3.10. The van der Waals surface area contributed by atoms with E-state index in [2.05, 4.69) is 33.9 Å². The van der Waals surface area contributed by atoms with Crippen LogP contribution >= 0.6 is 11.3 Å². The lowest BCUT2D eigenvalue weighted by molar-refractivity contribution is 0.326. The highest BCUT2D eigenvalue weighted by molar-refractivity contribution is 7.78. The number of piperidine rings is 1. The summed E-state index contributed by atoms with van der Waals surface area (Å²) in [6, 6.07) is 10.6. The first-order valence-corrected chi connectivity index (χ1v) is 13.2. The normalized spacial score (nSPS) is 15.8. The second kappa shape index (κ2) is 9.77. The number of hydrogen-bond acceptors (Lipinski definition) is 10. The van der Waals surface area contributed by atoms with Gasteiger partial charge < -0.3 is 18.7 Å². The van der Waals surface area contributed by atoms with Crippen LogP contribution in [-0.2, 0) is 16.8 Å². The largest absolute Gasteiger partial charge is 0.772 e. The fraction of sp³-hybridized carbons (Fsp3) is 0.391. The van der Waals surface area contributed by atoms with Crippen molar-refractivity contribution in [2.45, 2.75) is 44.3 Å². The third-order valence-corrected chi connectivity index (χ3v) is 7.33. The molecule has 0 amide bonds. The van der Waals surface area contributed by atoms with Crippen molar-refractivity contribution < 1.29 is 18.0 Å². The maximum absolute atomic E-state index is 10.8. The zero-order valence-corrected chi connectivity index (χ0v) is 20.5. The van der Waals surface area contributed by atoms with Gasteiger partial charge in [-0.1, -0.05) is 53.6 Å². The number of pyridine rings is 1. The maximum atomic E-state index is 10.8. The molecule has 0 saturated carbocycles. The molecular weight excluding hydrogens is 474 g/mol. The van der Waals surface area contributed by atoms with Crippen molar-refractivity contribution in [2.24, 2.45) is 0 Å². The summed E-state index contributed by atoms with van der Waals surface area (Å²) >= 11 is -0.566. The van der Waals surface area contributed by atoms with Gasteiger partial charge in [0.05, 0.1) is 0 Å². The molecule has 3 aromatic heterocycles. The van der Waals surface area contributed by atoms with Crippen molar-refractivity contribution in [3.05, 3.63) is 53.7 Å². The Morgan fingerprint density at radius 1 is 1.15 bits per heavy atom. The van der Waals surface area contributed by atoms with Gasteiger partial charge in [0.1, 0.15) is 16.1 Å². The smallest absolute Gasteiger partial charge is 0.229 e. The molecule has 1 aromatic carbocycles. The summed E-state index contributed by atoms with van der Waals surface area (Å²) in [7, 11) is 0. The van der Waals surface area contributed by atoms with Crippen molar-refractivity contribution in [3.63, 3.8) is 0 Å². The highest BCUT2D eigenvalue weighted by atomic mass is 32.2. The van der Waals surface area contributed by atoms with E-state index in [0.29, 0.717) is 17.2 Å². The van der Waals surface area contributed by atoms with Gasteiger partial charge in [-0.15, -0.1) is 0 Å². The van der Waals surface area contributed by atoms with Crippen molar-refractivity contribution in [1.82, 2.24) is 20.1 Å². The van der Waals surface area contributed by atoms with E-state index < -0.39 is 11.1 Å². The standard InChI is InChI=1S/C23H25N5O4S2/c1-14(2)20-26-21(32-27-20)16-9-11-28(12-10-16)23-24-18-7-8-19(25-22(18)33-23)31-17-5-3-15(4-6-17)13-34(29)30/h3-8,14,16H,9-13H2,1-2H3,(H,29,30)/p-1. The van der Waals surface area contributed by atoms with E-state index in [0.717, 1.165) is 53.1 Å². The third kappa shape index (κ3) is 5.11. The molecule has 0 bridgehead atoms. The van der Waals surface area contributed by atoms with Gasteiger partial charge in [-0.05, 0) is 36.6 Å². The third-order valence-electron chi connectivity index (χ3n) is 5.74. The first-order chi connectivity index (χ1) is 16.4.